The second-order valence-corrected chi connectivity index (χ2v) is 5.54. The summed E-state index contributed by atoms with van der Waals surface area (Å²) in [6, 6.07) is 8.66. The zero-order chi connectivity index (χ0) is 11.9. The van der Waals surface area contributed by atoms with Gasteiger partial charge in [-0.2, -0.15) is 0 Å². The first-order valence-electron chi connectivity index (χ1n) is 6.74. The van der Waals surface area contributed by atoms with E-state index in [-0.39, 0.29) is 0 Å². The predicted octanol–water partition coefficient (Wildman–Crippen LogP) is 2.44. The molecule has 0 radical (unpaired) electrons. The predicted molar refractivity (Wildman–Crippen MR) is 68.9 cm³/mol. The van der Waals surface area contributed by atoms with Crippen LogP contribution in [0, 0.1) is 6.92 Å². The van der Waals surface area contributed by atoms with Crippen LogP contribution in [-0.2, 0) is 5.60 Å². The summed E-state index contributed by atoms with van der Waals surface area (Å²) in [5.74, 6) is 0. The Morgan fingerprint density at radius 3 is 2.88 bits per heavy atom. The van der Waals surface area contributed by atoms with Gasteiger partial charge < -0.3 is 5.11 Å². The van der Waals surface area contributed by atoms with Crippen LogP contribution in [0.1, 0.15) is 36.8 Å². The molecule has 0 aliphatic carbocycles. The third kappa shape index (κ3) is 1.71. The number of piperidine rings is 1. The second-order valence-electron chi connectivity index (χ2n) is 5.54. The Kier molecular flexibility index (Phi) is 2.72. The molecule has 2 unspecified atom stereocenters. The van der Waals surface area contributed by atoms with E-state index in [1.807, 2.05) is 6.07 Å². The van der Waals surface area contributed by atoms with Crippen molar-refractivity contribution >= 4 is 0 Å². The number of fused-ring (bicyclic) bond motifs is 1. The maximum absolute atomic E-state index is 11.1. The highest BCUT2D eigenvalue weighted by molar-refractivity contribution is 5.34. The summed E-state index contributed by atoms with van der Waals surface area (Å²) in [7, 11) is 0. The largest absolute Gasteiger partial charge is 0.383 e. The molecule has 2 heteroatoms. The highest BCUT2D eigenvalue weighted by Crippen LogP contribution is 2.42. The van der Waals surface area contributed by atoms with Crippen molar-refractivity contribution in [2.45, 2.75) is 44.2 Å². The quantitative estimate of drug-likeness (QED) is 0.802. The van der Waals surface area contributed by atoms with E-state index in [9.17, 15) is 5.11 Å². The van der Waals surface area contributed by atoms with Crippen LogP contribution >= 0.6 is 0 Å². The Labute approximate surface area is 103 Å². The van der Waals surface area contributed by atoms with Gasteiger partial charge in [-0.3, -0.25) is 4.90 Å². The SMILES string of the molecule is Cc1ccccc1C1(O)CCN2CCCCC21. The van der Waals surface area contributed by atoms with Crippen LogP contribution in [-0.4, -0.2) is 29.1 Å². The van der Waals surface area contributed by atoms with Crippen LogP contribution in [0.2, 0.25) is 0 Å². The molecule has 1 N–H and O–H groups in total. The van der Waals surface area contributed by atoms with E-state index in [1.54, 1.807) is 0 Å². The minimum Gasteiger partial charge on any atom is -0.383 e. The fourth-order valence-corrected chi connectivity index (χ4v) is 3.65. The Morgan fingerprint density at radius 2 is 2.06 bits per heavy atom. The van der Waals surface area contributed by atoms with E-state index in [4.69, 9.17) is 0 Å². The molecule has 2 saturated heterocycles. The van der Waals surface area contributed by atoms with Gasteiger partial charge in [0.05, 0.1) is 0 Å². The second kappa shape index (κ2) is 4.11. The molecule has 17 heavy (non-hydrogen) atoms. The molecule has 2 aliphatic rings. The van der Waals surface area contributed by atoms with Crippen molar-refractivity contribution in [3.8, 4) is 0 Å². The van der Waals surface area contributed by atoms with Crippen LogP contribution in [0.25, 0.3) is 0 Å². The molecule has 92 valence electrons. The van der Waals surface area contributed by atoms with Gasteiger partial charge in [0, 0.05) is 12.6 Å². The standard InChI is InChI=1S/C15H21NO/c1-12-6-2-3-7-13(12)15(17)9-11-16-10-5-4-8-14(15)16/h2-3,6-7,14,17H,4-5,8-11H2,1H3. The molecule has 2 aliphatic heterocycles. The van der Waals surface area contributed by atoms with Crippen molar-refractivity contribution in [3.63, 3.8) is 0 Å². The van der Waals surface area contributed by atoms with Gasteiger partial charge in [0.15, 0.2) is 0 Å². The number of hydrogen-bond acceptors (Lipinski definition) is 2. The molecule has 1 aromatic rings. The third-order valence-corrected chi connectivity index (χ3v) is 4.56. The summed E-state index contributed by atoms with van der Waals surface area (Å²) >= 11 is 0. The zero-order valence-electron chi connectivity index (χ0n) is 10.5. The number of rotatable bonds is 1. The van der Waals surface area contributed by atoms with Crippen LogP contribution in [0.4, 0.5) is 0 Å². The molecule has 2 heterocycles. The van der Waals surface area contributed by atoms with Crippen molar-refractivity contribution in [2.24, 2.45) is 0 Å². The van der Waals surface area contributed by atoms with Gasteiger partial charge in [-0.15, -0.1) is 0 Å². The van der Waals surface area contributed by atoms with Crippen LogP contribution in [0.15, 0.2) is 24.3 Å². The molecular weight excluding hydrogens is 210 g/mol. The van der Waals surface area contributed by atoms with Gasteiger partial charge in [-0.05, 0) is 43.9 Å². The molecule has 0 aromatic heterocycles. The summed E-state index contributed by atoms with van der Waals surface area (Å²) in [5.41, 5.74) is 1.77. The Balaban J connectivity index is 1.98. The fourth-order valence-electron chi connectivity index (χ4n) is 3.65. The molecule has 0 saturated carbocycles. The van der Waals surface area contributed by atoms with Crippen molar-refractivity contribution < 1.29 is 5.11 Å². The average Bonchev–Trinajstić information content (AvgIpc) is 2.70. The molecule has 3 rings (SSSR count). The lowest BCUT2D eigenvalue weighted by atomic mass is 9.81. The smallest absolute Gasteiger partial charge is 0.107 e. The lowest BCUT2D eigenvalue weighted by Crippen LogP contribution is -2.45. The van der Waals surface area contributed by atoms with E-state index >= 15 is 0 Å². The zero-order valence-corrected chi connectivity index (χ0v) is 10.5. The lowest BCUT2D eigenvalue weighted by molar-refractivity contribution is -0.0142. The average molecular weight is 231 g/mol. The summed E-state index contributed by atoms with van der Waals surface area (Å²) in [5, 5.41) is 11.1. The van der Waals surface area contributed by atoms with Crippen LogP contribution in [0.5, 0.6) is 0 Å². The first-order valence-corrected chi connectivity index (χ1v) is 6.74. The molecule has 2 atom stereocenters. The van der Waals surface area contributed by atoms with Gasteiger partial charge in [-0.1, -0.05) is 30.7 Å². The van der Waals surface area contributed by atoms with Crippen molar-refractivity contribution in [2.75, 3.05) is 13.1 Å². The number of benzene rings is 1. The van der Waals surface area contributed by atoms with E-state index < -0.39 is 5.60 Å². The molecular formula is C15H21NO. The summed E-state index contributed by atoms with van der Waals surface area (Å²) < 4.78 is 0. The molecule has 0 spiro atoms. The maximum Gasteiger partial charge on any atom is 0.107 e. The number of aryl methyl sites for hydroxylation is 1. The van der Waals surface area contributed by atoms with Gasteiger partial charge in [0.25, 0.3) is 0 Å². The van der Waals surface area contributed by atoms with Gasteiger partial charge >= 0.3 is 0 Å². The lowest BCUT2D eigenvalue weighted by Gasteiger charge is -2.38. The Morgan fingerprint density at radius 1 is 1.24 bits per heavy atom. The first kappa shape index (κ1) is 11.2. The van der Waals surface area contributed by atoms with E-state index in [1.165, 1.54) is 24.9 Å². The summed E-state index contributed by atoms with van der Waals surface area (Å²) in [4.78, 5) is 2.48. The minimum atomic E-state index is -0.605. The fraction of sp³-hybridized carbons (Fsp3) is 0.600. The normalized spacial score (nSPS) is 33.6. The highest BCUT2D eigenvalue weighted by Gasteiger charge is 2.48. The van der Waals surface area contributed by atoms with Gasteiger partial charge in [-0.25, -0.2) is 0 Å². The van der Waals surface area contributed by atoms with Gasteiger partial charge in [0.2, 0.25) is 0 Å². The van der Waals surface area contributed by atoms with Gasteiger partial charge in [0.1, 0.15) is 5.60 Å². The Bertz CT molecular complexity index is 417. The molecule has 0 bridgehead atoms. The number of hydrogen-bond donors (Lipinski definition) is 1. The van der Waals surface area contributed by atoms with E-state index in [0.29, 0.717) is 6.04 Å². The number of nitrogens with zero attached hydrogens (tertiary/aromatic N) is 1. The van der Waals surface area contributed by atoms with Crippen molar-refractivity contribution in [1.82, 2.24) is 4.90 Å². The molecule has 2 fully saturated rings. The molecule has 0 amide bonds. The maximum atomic E-state index is 11.1. The topological polar surface area (TPSA) is 23.5 Å². The van der Waals surface area contributed by atoms with Crippen LogP contribution in [0.3, 0.4) is 0 Å². The third-order valence-electron chi connectivity index (χ3n) is 4.56. The molecule has 1 aromatic carbocycles. The van der Waals surface area contributed by atoms with Crippen molar-refractivity contribution in [1.29, 1.82) is 0 Å². The highest BCUT2D eigenvalue weighted by atomic mass is 16.3. The first-order chi connectivity index (χ1) is 8.22. The summed E-state index contributed by atoms with van der Waals surface area (Å²) in [6.45, 7) is 4.33. The molecule has 2 nitrogen and oxygen atoms in total. The minimum absolute atomic E-state index is 0.345. The van der Waals surface area contributed by atoms with Crippen LogP contribution < -0.4 is 0 Å². The van der Waals surface area contributed by atoms with Crippen molar-refractivity contribution in [3.05, 3.63) is 35.4 Å². The number of aliphatic hydroxyl groups is 1. The summed E-state index contributed by atoms with van der Waals surface area (Å²) in [6.07, 6.45) is 4.59. The Hall–Kier alpha value is -0.860. The van der Waals surface area contributed by atoms with E-state index in [0.717, 1.165) is 24.9 Å². The monoisotopic (exact) mass is 231 g/mol. The van der Waals surface area contributed by atoms with E-state index in [2.05, 4.69) is 30.0 Å².